The minimum absolute atomic E-state index is 0. The molecule has 1 heterocycles. The number of likely N-dealkylation sites (tertiary alicyclic amines) is 1. The van der Waals surface area contributed by atoms with Gasteiger partial charge in [0.05, 0.1) is 6.54 Å². The number of nitrogens with zero attached hydrogens (tertiary/aromatic N) is 2. The van der Waals surface area contributed by atoms with E-state index in [4.69, 9.17) is 0 Å². The highest BCUT2D eigenvalue weighted by molar-refractivity contribution is 14.0. The van der Waals surface area contributed by atoms with E-state index in [-0.39, 0.29) is 29.7 Å². The van der Waals surface area contributed by atoms with E-state index in [1.54, 1.807) is 13.1 Å². The van der Waals surface area contributed by atoms with Gasteiger partial charge in [0.25, 0.3) is 0 Å². The van der Waals surface area contributed by atoms with Crippen LogP contribution in [-0.2, 0) is 6.54 Å². The largest absolute Gasteiger partial charge is 0.505 e. The third kappa shape index (κ3) is 8.80. The molecule has 0 radical (unpaired) electrons. The van der Waals surface area contributed by atoms with E-state index in [0.29, 0.717) is 43.6 Å². The number of aliphatic imine (C=N–C) groups is 1. The number of piperidine rings is 1. The molecule has 1 saturated heterocycles. The van der Waals surface area contributed by atoms with Gasteiger partial charge in [-0.05, 0) is 56.0 Å². The molecule has 0 aliphatic carbocycles. The molecule has 1 fully saturated rings. The van der Waals surface area contributed by atoms with E-state index in [0.717, 1.165) is 19.3 Å². The van der Waals surface area contributed by atoms with Crippen LogP contribution in [0.3, 0.4) is 0 Å². The summed E-state index contributed by atoms with van der Waals surface area (Å²) in [7, 11) is 1.63. The molecule has 0 saturated carbocycles. The predicted molar refractivity (Wildman–Crippen MR) is 112 cm³/mol. The van der Waals surface area contributed by atoms with Gasteiger partial charge in [-0.2, -0.15) is 13.2 Å². The van der Waals surface area contributed by atoms with Crippen molar-refractivity contribution < 1.29 is 22.7 Å². The average molecular weight is 518 g/mol. The molecule has 5 nitrogen and oxygen atoms in total. The Hall–Kier alpha value is -1.30. The standard InChI is InChI=1S/C18H26F4N4O.HI/c1-23-17(25-11-14-2-3-16(27)15(19)10-14)24-7-4-13-5-8-26(9-6-13)12-18(20,21)22;/h2-3,10,13,27H,4-9,11-12H2,1H3,(H2,23,24,25);1H. The third-order valence-electron chi connectivity index (χ3n) is 4.65. The minimum Gasteiger partial charge on any atom is -0.505 e. The summed E-state index contributed by atoms with van der Waals surface area (Å²) in [5.74, 6) is -0.0964. The van der Waals surface area contributed by atoms with E-state index < -0.39 is 18.5 Å². The van der Waals surface area contributed by atoms with Gasteiger partial charge in [0.2, 0.25) is 0 Å². The number of aromatic hydroxyl groups is 1. The molecule has 10 heteroatoms. The highest BCUT2D eigenvalue weighted by Gasteiger charge is 2.32. The van der Waals surface area contributed by atoms with Crippen molar-refractivity contribution in [2.75, 3.05) is 33.2 Å². The lowest BCUT2D eigenvalue weighted by molar-refractivity contribution is -0.148. The van der Waals surface area contributed by atoms with Gasteiger partial charge in [0.15, 0.2) is 17.5 Å². The number of rotatable bonds is 6. The molecule has 0 atom stereocenters. The van der Waals surface area contributed by atoms with Crippen LogP contribution in [0.25, 0.3) is 0 Å². The van der Waals surface area contributed by atoms with Crippen molar-refractivity contribution in [1.29, 1.82) is 0 Å². The molecule has 2 rings (SSSR count). The van der Waals surface area contributed by atoms with Crippen LogP contribution in [-0.4, -0.2) is 55.4 Å². The van der Waals surface area contributed by atoms with Crippen LogP contribution >= 0.6 is 24.0 Å². The molecule has 0 amide bonds. The minimum atomic E-state index is -4.13. The van der Waals surface area contributed by atoms with Crippen LogP contribution in [0.2, 0.25) is 0 Å². The van der Waals surface area contributed by atoms with Crippen LogP contribution < -0.4 is 10.6 Å². The molecule has 1 aromatic rings. The number of alkyl halides is 3. The number of phenolic OH excluding ortho intramolecular Hbond substituents is 1. The number of halogens is 5. The molecule has 160 valence electrons. The Kier molecular flexibility index (Phi) is 10.3. The van der Waals surface area contributed by atoms with Gasteiger partial charge < -0.3 is 15.7 Å². The lowest BCUT2D eigenvalue weighted by Gasteiger charge is -2.32. The van der Waals surface area contributed by atoms with Crippen molar-refractivity contribution in [3.05, 3.63) is 29.6 Å². The molecule has 0 aromatic heterocycles. The second kappa shape index (κ2) is 11.6. The normalized spacial score (nSPS) is 16.5. The van der Waals surface area contributed by atoms with E-state index in [1.807, 2.05) is 0 Å². The zero-order chi connectivity index (χ0) is 19.9. The first-order valence-corrected chi connectivity index (χ1v) is 8.98. The highest BCUT2D eigenvalue weighted by atomic mass is 127. The molecule has 1 aromatic carbocycles. The molecule has 0 bridgehead atoms. The number of hydrogen-bond donors (Lipinski definition) is 3. The quantitative estimate of drug-likeness (QED) is 0.234. The third-order valence-corrected chi connectivity index (χ3v) is 4.65. The Bertz CT molecular complexity index is 635. The summed E-state index contributed by atoms with van der Waals surface area (Å²) >= 11 is 0. The van der Waals surface area contributed by atoms with Crippen LogP contribution in [0.4, 0.5) is 17.6 Å². The number of nitrogens with one attached hydrogen (secondary N) is 2. The van der Waals surface area contributed by atoms with E-state index in [1.165, 1.54) is 17.0 Å². The maximum absolute atomic E-state index is 13.3. The van der Waals surface area contributed by atoms with Gasteiger partial charge in [-0.15, -0.1) is 24.0 Å². The van der Waals surface area contributed by atoms with Gasteiger partial charge in [-0.25, -0.2) is 4.39 Å². The van der Waals surface area contributed by atoms with Crippen LogP contribution in [0.1, 0.15) is 24.8 Å². The Labute approximate surface area is 179 Å². The van der Waals surface area contributed by atoms with Crippen LogP contribution in [0.5, 0.6) is 5.75 Å². The first-order chi connectivity index (χ1) is 12.8. The smallest absolute Gasteiger partial charge is 0.401 e. The molecule has 28 heavy (non-hydrogen) atoms. The number of benzene rings is 1. The van der Waals surface area contributed by atoms with Crippen molar-refractivity contribution in [1.82, 2.24) is 15.5 Å². The van der Waals surface area contributed by atoms with Gasteiger partial charge in [0, 0.05) is 20.1 Å². The maximum Gasteiger partial charge on any atom is 0.401 e. The predicted octanol–water partition coefficient (Wildman–Crippen LogP) is 3.48. The van der Waals surface area contributed by atoms with Gasteiger partial charge in [-0.1, -0.05) is 6.07 Å². The van der Waals surface area contributed by atoms with Gasteiger partial charge >= 0.3 is 6.18 Å². The average Bonchev–Trinajstić information content (AvgIpc) is 2.61. The first kappa shape index (κ1) is 24.7. The lowest BCUT2D eigenvalue weighted by atomic mass is 9.93. The summed E-state index contributed by atoms with van der Waals surface area (Å²) in [5.41, 5.74) is 0.672. The van der Waals surface area contributed by atoms with E-state index in [2.05, 4.69) is 15.6 Å². The van der Waals surface area contributed by atoms with Gasteiger partial charge in [0.1, 0.15) is 0 Å². The second-order valence-electron chi connectivity index (χ2n) is 6.76. The summed E-state index contributed by atoms with van der Waals surface area (Å²) < 4.78 is 50.5. The van der Waals surface area contributed by atoms with E-state index in [9.17, 15) is 22.7 Å². The highest BCUT2D eigenvalue weighted by Crippen LogP contribution is 2.24. The molecule has 1 aliphatic rings. The topological polar surface area (TPSA) is 59.9 Å². The summed E-state index contributed by atoms with van der Waals surface area (Å²) in [4.78, 5) is 5.56. The van der Waals surface area contributed by atoms with Crippen LogP contribution in [0, 0.1) is 11.7 Å². The maximum atomic E-state index is 13.3. The Morgan fingerprint density at radius 1 is 1.25 bits per heavy atom. The van der Waals surface area contributed by atoms with Crippen LogP contribution in [0.15, 0.2) is 23.2 Å². The fraction of sp³-hybridized carbons (Fsp3) is 0.611. The molecule has 1 aliphatic heterocycles. The van der Waals surface area contributed by atoms with Gasteiger partial charge in [-0.3, -0.25) is 9.89 Å². The summed E-state index contributed by atoms with van der Waals surface area (Å²) in [6, 6.07) is 4.17. The fourth-order valence-electron chi connectivity index (χ4n) is 3.15. The van der Waals surface area contributed by atoms with Crippen molar-refractivity contribution in [3.63, 3.8) is 0 Å². The second-order valence-corrected chi connectivity index (χ2v) is 6.76. The number of phenols is 1. The molecule has 3 N–H and O–H groups in total. The SMILES string of the molecule is CN=C(NCCC1CCN(CC(F)(F)F)CC1)NCc1ccc(O)c(F)c1.I. The lowest BCUT2D eigenvalue weighted by Crippen LogP contribution is -2.41. The summed E-state index contributed by atoms with van der Waals surface area (Å²) in [6.07, 6.45) is -1.76. The monoisotopic (exact) mass is 518 g/mol. The number of guanidine groups is 1. The molecular formula is C18H27F4IN4O. The summed E-state index contributed by atoms with van der Waals surface area (Å²) in [5, 5.41) is 15.4. The summed E-state index contributed by atoms with van der Waals surface area (Å²) in [6.45, 7) is 1.14. The zero-order valence-electron chi connectivity index (χ0n) is 15.7. The number of hydrogen-bond acceptors (Lipinski definition) is 3. The Morgan fingerprint density at radius 2 is 1.93 bits per heavy atom. The zero-order valence-corrected chi connectivity index (χ0v) is 18.1. The molecule has 0 unspecified atom stereocenters. The Morgan fingerprint density at radius 3 is 2.50 bits per heavy atom. The molecule has 0 spiro atoms. The molecular weight excluding hydrogens is 491 g/mol. The van der Waals surface area contributed by atoms with Crippen molar-refractivity contribution in [3.8, 4) is 5.75 Å². The first-order valence-electron chi connectivity index (χ1n) is 8.98. The fourth-order valence-corrected chi connectivity index (χ4v) is 3.15. The van der Waals surface area contributed by atoms with Crippen molar-refractivity contribution >= 4 is 29.9 Å². The Balaban J connectivity index is 0.00000392. The van der Waals surface area contributed by atoms with Crippen molar-refractivity contribution in [2.45, 2.75) is 32.0 Å². The van der Waals surface area contributed by atoms with Crippen molar-refractivity contribution in [2.24, 2.45) is 10.9 Å². The van der Waals surface area contributed by atoms with E-state index >= 15 is 0 Å².